The zero-order valence-corrected chi connectivity index (χ0v) is 12.5. The fraction of sp³-hybridized carbons (Fsp3) is 1.00. The maximum atomic E-state index is 5.71. The highest BCUT2D eigenvalue weighted by atomic mass is 16.5. The minimum absolute atomic E-state index is 0.321. The van der Waals surface area contributed by atoms with E-state index in [4.69, 9.17) is 9.47 Å². The van der Waals surface area contributed by atoms with Crippen LogP contribution in [0, 0.1) is 11.3 Å². The second-order valence-corrected chi connectivity index (χ2v) is 6.04. The summed E-state index contributed by atoms with van der Waals surface area (Å²) in [6.07, 6.45) is 4.69. The van der Waals surface area contributed by atoms with Gasteiger partial charge >= 0.3 is 0 Å². The van der Waals surface area contributed by atoms with E-state index in [1.807, 2.05) is 0 Å². The van der Waals surface area contributed by atoms with Gasteiger partial charge in [-0.15, -0.1) is 0 Å². The predicted octanol–water partition coefficient (Wildman–Crippen LogP) is 2.85. The van der Waals surface area contributed by atoms with Crippen molar-refractivity contribution in [3.8, 4) is 0 Å². The van der Waals surface area contributed by atoms with Crippen molar-refractivity contribution in [1.29, 1.82) is 0 Å². The molecule has 0 bridgehead atoms. The Morgan fingerprint density at radius 1 is 1.33 bits per heavy atom. The third kappa shape index (κ3) is 6.17. The SMILES string of the molecule is CCCCOCCC1(CNCC(C)C)CCOC1. The zero-order chi connectivity index (χ0) is 13.3. The maximum Gasteiger partial charge on any atom is 0.0536 e. The van der Waals surface area contributed by atoms with Crippen LogP contribution in [0.1, 0.15) is 46.5 Å². The molecule has 0 amide bonds. The lowest BCUT2D eigenvalue weighted by Crippen LogP contribution is -2.37. The van der Waals surface area contributed by atoms with Gasteiger partial charge in [-0.3, -0.25) is 0 Å². The molecule has 0 aliphatic carbocycles. The molecule has 1 N–H and O–H groups in total. The molecule has 1 atom stereocenters. The number of rotatable bonds is 10. The van der Waals surface area contributed by atoms with Crippen molar-refractivity contribution in [2.45, 2.75) is 46.5 Å². The van der Waals surface area contributed by atoms with Crippen LogP contribution in [-0.4, -0.2) is 39.5 Å². The molecule has 0 spiro atoms. The van der Waals surface area contributed by atoms with Gasteiger partial charge in [0.15, 0.2) is 0 Å². The highest BCUT2D eigenvalue weighted by Crippen LogP contribution is 2.31. The van der Waals surface area contributed by atoms with Crippen molar-refractivity contribution in [3.05, 3.63) is 0 Å². The van der Waals surface area contributed by atoms with E-state index >= 15 is 0 Å². The quantitative estimate of drug-likeness (QED) is 0.610. The summed E-state index contributed by atoms with van der Waals surface area (Å²) in [6, 6.07) is 0. The zero-order valence-electron chi connectivity index (χ0n) is 12.5. The molecule has 1 heterocycles. The van der Waals surface area contributed by atoms with Crippen LogP contribution >= 0.6 is 0 Å². The molecular formula is C15H31NO2. The summed E-state index contributed by atoms with van der Waals surface area (Å²) in [5, 5.41) is 3.58. The summed E-state index contributed by atoms with van der Waals surface area (Å²) >= 11 is 0. The Balaban J connectivity index is 2.20. The Hall–Kier alpha value is -0.120. The molecule has 0 radical (unpaired) electrons. The van der Waals surface area contributed by atoms with Crippen LogP contribution in [0.15, 0.2) is 0 Å². The molecule has 1 unspecified atom stereocenters. The van der Waals surface area contributed by atoms with Gasteiger partial charge in [0.2, 0.25) is 0 Å². The third-order valence-electron chi connectivity index (χ3n) is 3.66. The Bertz CT molecular complexity index is 201. The lowest BCUT2D eigenvalue weighted by molar-refractivity contribution is 0.0787. The average molecular weight is 257 g/mol. The number of nitrogens with one attached hydrogen (secondary N) is 1. The first-order valence-electron chi connectivity index (χ1n) is 7.55. The predicted molar refractivity (Wildman–Crippen MR) is 75.9 cm³/mol. The van der Waals surface area contributed by atoms with E-state index < -0.39 is 0 Å². The van der Waals surface area contributed by atoms with Crippen LogP contribution in [0.2, 0.25) is 0 Å². The molecule has 1 saturated heterocycles. The minimum Gasteiger partial charge on any atom is -0.381 e. The van der Waals surface area contributed by atoms with Gasteiger partial charge in [0.05, 0.1) is 6.61 Å². The van der Waals surface area contributed by atoms with E-state index in [2.05, 4.69) is 26.1 Å². The van der Waals surface area contributed by atoms with Gasteiger partial charge in [-0.2, -0.15) is 0 Å². The van der Waals surface area contributed by atoms with Crippen molar-refractivity contribution in [2.24, 2.45) is 11.3 Å². The van der Waals surface area contributed by atoms with Crippen molar-refractivity contribution in [1.82, 2.24) is 5.32 Å². The first kappa shape index (κ1) is 15.9. The lowest BCUT2D eigenvalue weighted by atomic mass is 9.84. The summed E-state index contributed by atoms with van der Waals surface area (Å²) in [6.45, 7) is 12.5. The third-order valence-corrected chi connectivity index (χ3v) is 3.66. The Morgan fingerprint density at radius 3 is 2.78 bits per heavy atom. The molecule has 0 aromatic heterocycles. The van der Waals surface area contributed by atoms with Gasteiger partial charge < -0.3 is 14.8 Å². The normalized spacial score (nSPS) is 24.0. The van der Waals surface area contributed by atoms with Crippen LogP contribution < -0.4 is 5.32 Å². The summed E-state index contributed by atoms with van der Waals surface area (Å²) < 4.78 is 11.3. The van der Waals surface area contributed by atoms with Gasteiger partial charge in [0.25, 0.3) is 0 Å². The summed E-state index contributed by atoms with van der Waals surface area (Å²) in [4.78, 5) is 0. The van der Waals surface area contributed by atoms with Crippen LogP contribution in [0.25, 0.3) is 0 Å². The molecule has 3 nitrogen and oxygen atoms in total. The fourth-order valence-corrected chi connectivity index (χ4v) is 2.34. The van der Waals surface area contributed by atoms with E-state index in [0.29, 0.717) is 11.3 Å². The van der Waals surface area contributed by atoms with Crippen molar-refractivity contribution in [3.63, 3.8) is 0 Å². The highest BCUT2D eigenvalue weighted by molar-refractivity contribution is 4.85. The first-order chi connectivity index (χ1) is 8.68. The maximum absolute atomic E-state index is 5.71. The van der Waals surface area contributed by atoms with Gasteiger partial charge in [-0.05, 0) is 31.7 Å². The lowest BCUT2D eigenvalue weighted by Gasteiger charge is -2.28. The Kier molecular flexibility index (Phi) is 7.87. The second-order valence-electron chi connectivity index (χ2n) is 6.04. The summed E-state index contributed by atoms with van der Waals surface area (Å²) in [5.41, 5.74) is 0.321. The first-order valence-corrected chi connectivity index (χ1v) is 7.55. The van der Waals surface area contributed by atoms with Gasteiger partial charge in [0, 0.05) is 31.8 Å². The molecule has 1 fully saturated rings. The molecule has 1 aliphatic heterocycles. The van der Waals surface area contributed by atoms with E-state index in [0.717, 1.165) is 45.9 Å². The molecule has 1 aliphatic rings. The van der Waals surface area contributed by atoms with Crippen LogP contribution in [-0.2, 0) is 9.47 Å². The summed E-state index contributed by atoms with van der Waals surface area (Å²) in [7, 11) is 0. The van der Waals surface area contributed by atoms with Gasteiger partial charge in [0.1, 0.15) is 0 Å². The van der Waals surface area contributed by atoms with Crippen LogP contribution in [0.3, 0.4) is 0 Å². The molecule has 0 aromatic rings. The van der Waals surface area contributed by atoms with E-state index in [-0.39, 0.29) is 0 Å². The number of ether oxygens (including phenoxy) is 2. The molecular weight excluding hydrogens is 226 g/mol. The Labute approximate surface area is 113 Å². The fourth-order valence-electron chi connectivity index (χ4n) is 2.34. The van der Waals surface area contributed by atoms with E-state index in [1.54, 1.807) is 0 Å². The van der Waals surface area contributed by atoms with E-state index in [1.165, 1.54) is 19.3 Å². The molecule has 3 heteroatoms. The van der Waals surface area contributed by atoms with E-state index in [9.17, 15) is 0 Å². The van der Waals surface area contributed by atoms with Gasteiger partial charge in [-0.1, -0.05) is 27.2 Å². The standard InChI is InChI=1S/C15H31NO2/c1-4-5-8-17-9-6-15(7-10-18-13-15)12-16-11-14(2)3/h14,16H,4-13H2,1-3H3. The Morgan fingerprint density at radius 2 is 2.17 bits per heavy atom. The monoisotopic (exact) mass is 257 g/mol. The number of hydrogen-bond acceptors (Lipinski definition) is 3. The number of unbranched alkanes of at least 4 members (excludes halogenated alkanes) is 1. The minimum atomic E-state index is 0.321. The molecule has 18 heavy (non-hydrogen) atoms. The van der Waals surface area contributed by atoms with Crippen LogP contribution in [0.5, 0.6) is 0 Å². The van der Waals surface area contributed by atoms with Crippen molar-refractivity contribution in [2.75, 3.05) is 39.5 Å². The molecule has 1 rings (SSSR count). The molecule has 0 saturated carbocycles. The van der Waals surface area contributed by atoms with Gasteiger partial charge in [-0.25, -0.2) is 0 Å². The highest BCUT2D eigenvalue weighted by Gasteiger charge is 2.34. The second kappa shape index (κ2) is 8.89. The summed E-state index contributed by atoms with van der Waals surface area (Å²) in [5.74, 6) is 0.713. The molecule has 108 valence electrons. The number of hydrogen-bond donors (Lipinski definition) is 1. The average Bonchev–Trinajstić information content (AvgIpc) is 2.77. The molecule has 0 aromatic carbocycles. The smallest absolute Gasteiger partial charge is 0.0536 e. The van der Waals surface area contributed by atoms with Crippen molar-refractivity contribution < 1.29 is 9.47 Å². The van der Waals surface area contributed by atoms with Crippen LogP contribution in [0.4, 0.5) is 0 Å². The van der Waals surface area contributed by atoms with Crippen molar-refractivity contribution >= 4 is 0 Å². The topological polar surface area (TPSA) is 30.5 Å². The largest absolute Gasteiger partial charge is 0.381 e.